The van der Waals surface area contributed by atoms with Crippen LogP contribution in [0.4, 0.5) is 0 Å². The van der Waals surface area contributed by atoms with Gasteiger partial charge in [-0.15, -0.1) is 0 Å². The fraction of sp³-hybridized carbons (Fsp3) is 0.809. The second kappa shape index (κ2) is 59.1. The molecule has 0 heterocycles. The monoisotopic (exact) mass is 1080 g/mol. The molecule has 2 unspecified atom stereocenters. The third kappa shape index (κ3) is 60.5. The van der Waals surface area contributed by atoms with Gasteiger partial charge < -0.3 is 28.5 Å². The van der Waals surface area contributed by atoms with E-state index >= 15 is 0 Å². The highest BCUT2D eigenvalue weighted by atomic mass is 16.7. The maximum absolute atomic E-state index is 12.9. The smallest absolute Gasteiger partial charge is 0.361 e. The van der Waals surface area contributed by atoms with Crippen molar-refractivity contribution in [2.75, 3.05) is 47.5 Å². The molecule has 448 valence electrons. The molecule has 0 saturated carbocycles. The van der Waals surface area contributed by atoms with E-state index in [-0.39, 0.29) is 38.2 Å². The number of carbonyl (C=O) groups is 3. The summed E-state index contributed by atoms with van der Waals surface area (Å²) in [6.45, 7) is 4.80. The van der Waals surface area contributed by atoms with Gasteiger partial charge in [0.15, 0.2) is 6.10 Å². The predicted octanol–water partition coefficient (Wildman–Crippen LogP) is 19.6. The zero-order chi connectivity index (χ0) is 56.2. The number of esters is 2. The highest BCUT2D eigenvalue weighted by Crippen LogP contribution is 2.18. The van der Waals surface area contributed by atoms with Crippen molar-refractivity contribution >= 4 is 17.9 Å². The van der Waals surface area contributed by atoms with Gasteiger partial charge in [-0.1, -0.05) is 286 Å². The Hall–Kier alpha value is -3.01. The number of hydrogen-bond donors (Lipinski definition) is 1. The fourth-order valence-electron chi connectivity index (χ4n) is 9.34. The van der Waals surface area contributed by atoms with Gasteiger partial charge in [-0.05, 0) is 57.8 Å². The third-order valence-corrected chi connectivity index (χ3v) is 14.3. The van der Waals surface area contributed by atoms with E-state index in [9.17, 15) is 19.5 Å². The van der Waals surface area contributed by atoms with Crippen molar-refractivity contribution in [2.24, 2.45) is 0 Å². The van der Waals surface area contributed by atoms with Crippen LogP contribution in [0, 0.1) is 0 Å². The zero-order valence-corrected chi connectivity index (χ0v) is 51.1. The molecule has 9 nitrogen and oxygen atoms in total. The molecule has 2 atom stereocenters. The average molecular weight is 1080 g/mol. The SMILES string of the molecule is CC/C=C\C/C=C\C/C=C\C/C=C\C/C=C\CCCCCCCCCCCCCCCCCCCCCCCC(=O)OC(COC(=O)CCCCCCCCCCCCCCCCC)COC(OCC[N+](C)(C)C)C(=O)O. The summed E-state index contributed by atoms with van der Waals surface area (Å²) < 4.78 is 22.9. The fourth-order valence-corrected chi connectivity index (χ4v) is 9.34. The Bertz CT molecular complexity index is 1450. The van der Waals surface area contributed by atoms with Gasteiger partial charge >= 0.3 is 17.9 Å². The van der Waals surface area contributed by atoms with E-state index in [1.807, 2.05) is 21.1 Å². The molecule has 0 aromatic carbocycles. The number of carbonyl (C=O) groups excluding carboxylic acids is 2. The second-order valence-electron chi connectivity index (χ2n) is 23.1. The van der Waals surface area contributed by atoms with Crippen molar-refractivity contribution in [1.29, 1.82) is 0 Å². The molecule has 0 saturated heterocycles. The van der Waals surface area contributed by atoms with E-state index in [4.69, 9.17) is 18.9 Å². The van der Waals surface area contributed by atoms with Gasteiger partial charge in [-0.3, -0.25) is 9.59 Å². The first-order valence-electron chi connectivity index (χ1n) is 32.5. The Balaban J connectivity index is 4.00. The summed E-state index contributed by atoms with van der Waals surface area (Å²) in [5.74, 6) is -1.98. The minimum absolute atomic E-state index is 0.177. The van der Waals surface area contributed by atoms with Crippen LogP contribution in [0.2, 0.25) is 0 Å². The predicted molar refractivity (Wildman–Crippen MR) is 327 cm³/mol. The molecule has 0 bridgehead atoms. The summed E-state index contributed by atoms with van der Waals surface area (Å²) in [6, 6.07) is 0. The minimum Gasteiger partial charge on any atom is -0.477 e. The van der Waals surface area contributed by atoms with Gasteiger partial charge in [0.05, 0.1) is 34.4 Å². The summed E-state index contributed by atoms with van der Waals surface area (Å²) in [5.41, 5.74) is 0. The van der Waals surface area contributed by atoms with E-state index < -0.39 is 18.4 Å². The lowest BCUT2D eigenvalue weighted by Crippen LogP contribution is -2.40. The average Bonchev–Trinajstić information content (AvgIpc) is 3.40. The largest absolute Gasteiger partial charge is 0.477 e. The molecular formula is C68H124NO8+. The van der Waals surface area contributed by atoms with Crippen LogP contribution in [0.3, 0.4) is 0 Å². The Morgan fingerprint density at radius 1 is 0.403 bits per heavy atom. The molecule has 0 amide bonds. The maximum Gasteiger partial charge on any atom is 0.361 e. The van der Waals surface area contributed by atoms with E-state index in [0.29, 0.717) is 17.4 Å². The van der Waals surface area contributed by atoms with Crippen molar-refractivity contribution in [3.8, 4) is 0 Å². The summed E-state index contributed by atoms with van der Waals surface area (Å²) in [7, 11) is 5.98. The first-order valence-corrected chi connectivity index (χ1v) is 32.5. The van der Waals surface area contributed by atoms with Crippen LogP contribution in [0.5, 0.6) is 0 Å². The highest BCUT2D eigenvalue weighted by Gasteiger charge is 2.25. The van der Waals surface area contributed by atoms with Gasteiger partial charge in [-0.2, -0.15) is 0 Å². The van der Waals surface area contributed by atoms with Crippen LogP contribution < -0.4 is 0 Å². The van der Waals surface area contributed by atoms with Gasteiger partial charge in [-0.25, -0.2) is 4.79 Å². The summed E-state index contributed by atoms with van der Waals surface area (Å²) in [4.78, 5) is 37.4. The quantitative estimate of drug-likeness (QED) is 0.0211. The zero-order valence-electron chi connectivity index (χ0n) is 51.1. The van der Waals surface area contributed by atoms with Crippen molar-refractivity contribution in [2.45, 2.75) is 309 Å². The summed E-state index contributed by atoms with van der Waals surface area (Å²) in [6.07, 6.45) is 73.3. The second-order valence-corrected chi connectivity index (χ2v) is 23.1. The van der Waals surface area contributed by atoms with Gasteiger partial charge in [0.2, 0.25) is 0 Å². The van der Waals surface area contributed by atoms with E-state index in [2.05, 4.69) is 74.6 Å². The molecule has 0 aromatic rings. The third-order valence-electron chi connectivity index (χ3n) is 14.3. The molecule has 1 N–H and O–H groups in total. The standard InChI is InChI=1S/C68H123NO8/c1-6-8-10-12-14-16-18-20-22-23-24-25-26-27-28-29-30-31-32-33-34-35-36-37-38-39-40-41-42-43-45-47-49-51-53-55-57-59-66(71)77-64(63-76-68(67(72)73)74-61-60-69(3,4)5)62-75-65(70)58-56-54-52-50-48-46-44-21-19-17-15-13-11-9-7-2/h8,10,14,16,20,22,24-25,27-28,64,68H,6-7,9,11-13,15,17-19,21,23,26,29-63H2,1-5H3/p+1/b10-8-,16-14-,22-20-,25-24-,28-27-. The molecular weight excluding hydrogens is 959 g/mol. The number of allylic oxidation sites excluding steroid dienone is 10. The summed E-state index contributed by atoms with van der Waals surface area (Å²) >= 11 is 0. The molecule has 0 rings (SSSR count). The van der Waals surface area contributed by atoms with Crippen molar-refractivity contribution < 1.29 is 42.9 Å². The molecule has 0 radical (unpaired) electrons. The topological polar surface area (TPSA) is 108 Å². The minimum atomic E-state index is -1.51. The van der Waals surface area contributed by atoms with Crippen LogP contribution in [0.25, 0.3) is 0 Å². The first-order chi connectivity index (χ1) is 37.6. The van der Waals surface area contributed by atoms with Crippen LogP contribution in [-0.4, -0.2) is 87.4 Å². The Labute approximate surface area is 475 Å². The van der Waals surface area contributed by atoms with Crippen LogP contribution in [-0.2, 0) is 33.3 Å². The maximum atomic E-state index is 12.9. The molecule has 0 aliphatic rings. The first kappa shape index (κ1) is 74.0. The molecule has 9 heteroatoms. The van der Waals surface area contributed by atoms with E-state index in [1.54, 1.807) is 0 Å². The number of hydrogen-bond acceptors (Lipinski definition) is 7. The Morgan fingerprint density at radius 3 is 1.10 bits per heavy atom. The molecule has 0 spiro atoms. The number of quaternary nitrogens is 1. The molecule has 0 aliphatic carbocycles. The van der Waals surface area contributed by atoms with Crippen LogP contribution in [0.1, 0.15) is 296 Å². The van der Waals surface area contributed by atoms with Crippen molar-refractivity contribution in [3.05, 3.63) is 60.8 Å². The van der Waals surface area contributed by atoms with Gasteiger partial charge in [0.25, 0.3) is 6.29 Å². The lowest BCUT2D eigenvalue weighted by atomic mass is 10.0. The highest BCUT2D eigenvalue weighted by molar-refractivity contribution is 5.71. The molecule has 0 aliphatic heterocycles. The molecule has 0 aromatic heterocycles. The number of carboxylic acids is 1. The van der Waals surface area contributed by atoms with Gasteiger partial charge in [0, 0.05) is 12.8 Å². The Kier molecular flexibility index (Phi) is 56.8. The number of carboxylic acid groups (broad SMARTS) is 1. The number of unbranched alkanes of at least 4 members (excludes halogenated alkanes) is 35. The number of aliphatic carboxylic acids is 1. The van der Waals surface area contributed by atoms with Crippen molar-refractivity contribution in [1.82, 2.24) is 0 Å². The van der Waals surface area contributed by atoms with Crippen LogP contribution in [0.15, 0.2) is 60.8 Å². The number of likely N-dealkylation sites (N-methyl/N-ethyl adjacent to an activating group) is 1. The van der Waals surface area contributed by atoms with E-state index in [1.165, 1.54) is 199 Å². The lowest BCUT2D eigenvalue weighted by Gasteiger charge is -2.25. The molecule has 0 fully saturated rings. The summed E-state index contributed by atoms with van der Waals surface area (Å²) in [5, 5.41) is 9.71. The van der Waals surface area contributed by atoms with Crippen molar-refractivity contribution in [3.63, 3.8) is 0 Å². The molecule has 77 heavy (non-hydrogen) atoms. The number of ether oxygens (including phenoxy) is 4. The number of nitrogens with zero attached hydrogens (tertiary/aromatic N) is 1. The Morgan fingerprint density at radius 2 is 0.740 bits per heavy atom. The van der Waals surface area contributed by atoms with Crippen LogP contribution >= 0.6 is 0 Å². The van der Waals surface area contributed by atoms with E-state index in [0.717, 1.165) is 70.6 Å². The number of rotatable bonds is 60. The normalized spacial score (nSPS) is 13.1. The lowest BCUT2D eigenvalue weighted by molar-refractivity contribution is -0.870. The van der Waals surface area contributed by atoms with Gasteiger partial charge in [0.1, 0.15) is 13.2 Å².